The number of nitrogens with zero attached hydrogens (tertiary/aromatic N) is 1. The van der Waals surface area contributed by atoms with E-state index in [9.17, 15) is 13.2 Å². The molecule has 1 amide bonds. The zero-order valence-electron chi connectivity index (χ0n) is 11.9. The van der Waals surface area contributed by atoms with Crippen LogP contribution in [-0.2, 0) is 10.0 Å². The third-order valence-corrected chi connectivity index (χ3v) is 3.67. The molecule has 6 heteroatoms. The quantitative estimate of drug-likeness (QED) is 0.917. The molecule has 0 unspecified atom stereocenters. The van der Waals surface area contributed by atoms with Gasteiger partial charge >= 0.3 is 0 Å². The molecule has 0 aliphatic carbocycles. The first-order valence-electron chi connectivity index (χ1n) is 5.88. The second-order valence-corrected chi connectivity index (χ2v) is 7.47. The number of para-hydroxylation sites is 1. The lowest BCUT2D eigenvalue weighted by atomic mass is 10.1. The summed E-state index contributed by atoms with van der Waals surface area (Å²) >= 11 is 0. The van der Waals surface area contributed by atoms with Gasteiger partial charge in [-0.3, -0.25) is 9.10 Å². The van der Waals surface area contributed by atoms with Crippen molar-refractivity contribution in [3.05, 3.63) is 29.8 Å². The zero-order chi connectivity index (χ0) is 14.8. The molecular formula is C13H20N2O3S. The number of benzene rings is 1. The first-order valence-corrected chi connectivity index (χ1v) is 7.72. The minimum Gasteiger partial charge on any atom is -0.347 e. The average molecular weight is 284 g/mol. The number of rotatable bonds is 3. The molecule has 0 saturated heterocycles. The van der Waals surface area contributed by atoms with E-state index in [0.717, 1.165) is 10.6 Å². The molecule has 0 radical (unpaired) electrons. The molecule has 106 valence electrons. The molecule has 0 bridgehead atoms. The van der Waals surface area contributed by atoms with Crippen LogP contribution < -0.4 is 9.62 Å². The highest BCUT2D eigenvalue weighted by atomic mass is 32.2. The van der Waals surface area contributed by atoms with E-state index in [0.29, 0.717) is 11.3 Å². The van der Waals surface area contributed by atoms with Crippen LogP contribution in [0.25, 0.3) is 0 Å². The highest BCUT2D eigenvalue weighted by Gasteiger charge is 2.22. The number of anilines is 1. The summed E-state index contributed by atoms with van der Waals surface area (Å²) in [6, 6.07) is 6.62. The summed E-state index contributed by atoms with van der Waals surface area (Å²) in [5.74, 6) is -0.293. The molecule has 0 heterocycles. The maximum atomic E-state index is 12.2. The maximum absolute atomic E-state index is 12.2. The molecule has 0 aliphatic heterocycles. The van der Waals surface area contributed by atoms with Crippen LogP contribution in [0.15, 0.2) is 24.3 Å². The first-order chi connectivity index (χ1) is 8.52. The van der Waals surface area contributed by atoms with Crippen molar-refractivity contribution in [1.29, 1.82) is 0 Å². The highest BCUT2D eigenvalue weighted by Crippen LogP contribution is 2.21. The largest absolute Gasteiger partial charge is 0.347 e. The summed E-state index contributed by atoms with van der Waals surface area (Å²) in [7, 11) is -1.97. The van der Waals surface area contributed by atoms with Crippen LogP contribution in [0.5, 0.6) is 0 Å². The normalized spacial score (nSPS) is 12.1. The van der Waals surface area contributed by atoms with Crippen molar-refractivity contribution in [2.75, 3.05) is 17.6 Å². The van der Waals surface area contributed by atoms with Gasteiger partial charge in [0.2, 0.25) is 10.0 Å². The molecule has 0 aliphatic rings. The predicted octanol–water partition coefficient (Wildman–Crippen LogP) is 1.61. The molecule has 0 spiro atoms. The summed E-state index contributed by atoms with van der Waals surface area (Å²) in [5, 5.41) is 2.82. The van der Waals surface area contributed by atoms with Gasteiger partial charge in [-0.1, -0.05) is 12.1 Å². The monoisotopic (exact) mass is 284 g/mol. The SMILES string of the molecule is CN(c1ccccc1C(=O)NC(C)(C)C)S(C)(=O)=O. The zero-order valence-corrected chi connectivity index (χ0v) is 12.7. The Morgan fingerprint density at radius 3 is 2.21 bits per heavy atom. The van der Waals surface area contributed by atoms with E-state index in [2.05, 4.69) is 5.32 Å². The Labute approximate surface area is 114 Å². The van der Waals surface area contributed by atoms with Crippen LogP contribution in [0.4, 0.5) is 5.69 Å². The molecular weight excluding hydrogens is 264 g/mol. The Kier molecular flexibility index (Phi) is 4.25. The summed E-state index contributed by atoms with van der Waals surface area (Å²) in [6.07, 6.45) is 1.10. The van der Waals surface area contributed by atoms with Crippen LogP contribution in [0.3, 0.4) is 0 Å². The van der Waals surface area contributed by atoms with Gasteiger partial charge < -0.3 is 5.32 Å². The van der Waals surface area contributed by atoms with Crippen LogP contribution in [-0.4, -0.2) is 33.2 Å². The second kappa shape index (κ2) is 5.21. The molecule has 0 saturated carbocycles. The van der Waals surface area contributed by atoms with Gasteiger partial charge in [0, 0.05) is 12.6 Å². The minimum atomic E-state index is -3.40. The van der Waals surface area contributed by atoms with Crippen LogP contribution in [0, 0.1) is 0 Å². The number of nitrogens with one attached hydrogen (secondary N) is 1. The second-order valence-electron chi connectivity index (χ2n) is 5.45. The molecule has 0 aromatic heterocycles. The Balaban J connectivity index is 3.20. The van der Waals surface area contributed by atoms with Crippen molar-refractivity contribution in [2.24, 2.45) is 0 Å². The fraction of sp³-hybridized carbons (Fsp3) is 0.462. The number of hydrogen-bond donors (Lipinski definition) is 1. The summed E-state index contributed by atoms with van der Waals surface area (Å²) < 4.78 is 24.3. The van der Waals surface area contributed by atoms with E-state index in [4.69, 9.17) is 0 Å². The maximum Gasteiger partial charge on any atom is 0.253 e. The topological polar surface area (TPSA) is 66.5 Å². The lowest BCUT2D eigenvalue weighted by Gasteiger charge is -2.24. The molecule has 1 N–H and O–H groups in total. The number of carbonyl (C=O) groups is 1. The summed E-state index contributed by atoms with van der Waals surface area (Å²) in [5.41, 5.74) is 0.325. The smallest absolute Gasteiger partial charge is 0.253 e. The van der Waals surface area contributed by atoms with Gasteiger partial charge in [-0.25, -0.2) is 8.42 Å². The Bertz CT molecular complexity index is 574. The Hall–Kier alpha value is -1.56. The van der Waals surface area contributed by atoms with Crippen molar-refractivity contribution in [3.63, 3.8) is 0 Å². The number of amides is 1. The first kappa shape index (κ1) is 15.5. The highest BCUT2D eigenvalue weighted by molar-refractivity contribution is 7.92. The number of carbonyl (C=O) groups excluding carboxylic acids is 1. The third-order valence-electron chi connectivity index (χ3n) is 2.47. The van der Waals surface area contributed by atoms with Gasteiger partial charge in [0.25, 0.3) is 5.91 Å². The Morgan fingerprint density at radius 2 is 1.74 bits per heavy atom. The lowest BCUT2D eigenvalue weighted by molar-refractivity contribution is 0.0920. The van der Waals surface area contributed by atoms with Crippen molar-refractivity contribution >= 4 is 21.6 Å². The molecule has 1 rings (SSSR count). The van der Waals surface area contributed by atoms with Gasteiger partial charge in [-0.15, -0.1) is 0 Å². The lowest BCUT2D eigenvalue weighted by Crippen LogP contribution is -2.41. The van der Waals surface area contributed by atoms with Crippen LogP contribution in [0.2, 0.25) is 0 Å². The van der Waals surface area contributed by atoms with Gasteiger partial charge in [0.15, 0.2) is 0 Å². The number of hydrogen-bond acceptors (Lipinski definition) is 3. The van der Waals surface area contributed by atoms with Gasteiger partial charge in [-0.2, -0.15) is 0 Å². The van der Waals surface area contributed by atoms with Crippen molar-refractivity contribution < 1.29 is 13.2 Å². The molecule has 0 atom stereocenters. The van der Waals surface area contributed by atoms with Crippen molar-refractivity contribution in [3.8, 4) is 0 Å². The molecule has 19 heavy (non-hydrogen) atoms. The van der Waals surface area contributed by atoms with Crippen molar-refractivity contribution in [2.45, 2.75) is 26.3 Å². The van der Waals surface area contributed by atoms with Crippen LogP contribution >= 0.6 is 0 Å². The third kappa shape index (κ3) is 4.24. The molecule has 1 aromatic rings. The number of sulfonamides is 1. The minimum absolute atomic E-state index is 0.293. The van der Waals surface area contributed by atoms with Crippen molar-refractivity contribution in [1.82, 2.24) is 5.32 Å². The fourth-order valence-electron chi connectivity index (χ4n) is 1.53. The van der Waals surface area contributed by atoms with E-state index >= 15 is 0 Å². The van der Waals surface area contributed by atoms with E-state index in [1.165, 1.54) is 7.05 Å². The van der Waals surface area contributed by atoms with E-state index in [1.54, 1.807) is 24.3 Å². The van der Waals surface area contributed by atoms with Gasteiger partial charge in [0.05, 0.1) is 17.5 Å². The summed E-state index contributed by atoms with van der Waals surface area (Å²) in [6.45, 7) is 5.61. The Morgan fingerprint density at radius 1 is 1.21 bits per heavy atom. The van der Waals surface area contributed by atoms with Crippen LogP contribution in [0.1, 0.15) is 31.1 Å². The van der Waals surface area contributed by atoms with E-state index in [1.807, 2.05) is 20.8 Å². The van der Waals surface area contributed by atoms with Gasteiger partial charge in [0.1, 0.15) is 0 Å². The standard InChI is InChI=1S/C13H20N2O3S/c1-13(2,3)14-12(16)10-8-6-7-9-11(10)15(4)19(5,17)18/h6-9H,1-5H3,(H,14,16). The molecule has 0 fully saturated rings. The van der Waals surface area contributed by atoms with E-state index in [-0.39, 0.29) is 11.4 Å². The fourth-order valence-corrected chi connectivity index (χ4v) is 2.04. The van der Waals surface area contributed by atoms with E-state index < -0.39 is 10.0 Å². The molecule has 1 aromatic carbocycles. The predicted molar refractivity (Wildman–Crippen MR) is 76.9 cm³/mol. The summed E-state index contributed by atoms with van der Waals surface area (Å²) in [4.78, 5) is 12.2. The molecule has 5 nitrogen and oxygen atoms in total. The average Bonchev–Trinajstić information content (AvgIpc) is 2.24. The van der Waals surface area contributed by atoms with Gasteiger partial charge in [-0.05, 0) is 32.9 Å².